The van der Waals surface area contributed by atoms with Gasteiger partial charge in [0.15, 0.2) is 30.4 Å². The quantitative estimate of drug-likeness (QED) is 0.0440. The van der Waals surface area contributed by atoms with Crippen LogP contribution < -0.4 is 16.8 Å². The Balaban J connectivity index is 1.27. The first kappa shape index (κ1) is 66.4. The number of nitrogens with zero attached hydrogens (tertiary/aromatic N) is 2. The molecule has 5 N–H and O–H groups in total. The monoisotopic (exact) mass is 1180 g/mol. The van der Waals surface area contributed by atoms with Crippen LogP contribution in [0.4, 0.5) is 10.5 Å². The number of unbranched alkanes of at least 4 members (excludes halogenated alkanes) is 1. The van der Waals surface area contributed by atoms with Crippen molar-refractivity contribution in [1.29, 1.82) is 0 Å². The Kier molecular flexibility index (Phi) is 22.3. The highest BCUT2D eigenvalue weighted by atomic mass is 16.7. The van der Waals surface area contributed by atoms with Crippen molar-refractivity contribution in [3.05, 3.63) is 108 Å². The number of carbonyl (C=O) groups excluding carboxylic acids is 5. The number of anilines is 1. The fourth-order valence-electron chi connectivity index (χ4n) is 13.2. The summed E-state index contributed by atoms with van der Waals surface area (Å²) < 4.78 is 66.3. The van der Waals surface area contributed by atoms with E-state index in [0.717, 1.165) is 5.56 Å². The summed E-state index contributed by atoms with van der Waals surface area (Å²) in [5.74, 6) is -5.53. The summed E-state index contributed by atoms with van der Waals surface area (Å²) >= 11 is 0. The number of hydrogen-bond acceptors (Lipinski definition) is 19. The lowest BCUT2D eigenvalue weighted by atomic mass is 9.73. The van der Waals surface area contributed by atoms with Crippen LogP contribution in [0.2, 0.25) is 0 Å². The topological polar surface area (TPSA) is 248 Å². The first-order valence-electron chi connectivity index (χ1n) is 30.0. The maximum atomic E-state index is 15.4. The van der Waals surface area contributed by atoms with E-state index in [1.165, 1.54) is 14.2 Å². The Morgan fingerprint density at radius 2 is 1.38 bits per heavy atom. The maximum Gasteiger partial charge on any atom is 0.410 e. The van der Waals surface area contributed by atoms with Crippen LogP contribution in [0.3, 0.4) is 0 Å². The van der Waals surface area contributed by atoms with Crippen molar-refractivity contribution < 1.29 is 71.3 Å². The van der Waals surface area contributed by atoms with Crippen molar-refractivity contribution in [3.8, 4) is 0 Å². The summed E-state index contributed by atoms with van der Waals surface area (Å²) in [4.78, 5) is 76.5. The van der Waals surface area contributed by atoms with E-state index < -0.39 is 120 Å². The number of nitrogen functional groups attached to an aromatic ring is 1. The van der Waals surface area contributed by atoms with Gasteiger partial charge in [0.1, 0.15) is 17.5 Å². The molecule has 4 heterocycles. The van der Waals surface area contributed by atoms with Gasteiger partial charge in [-0.3, -0.25) is 9.59 Å². The molecule has 0 aliphatic carbocycles. The van der Waals surface area contributed by atoms with Gasteiger partial charge >= 0.3 is 24.0 Å². The third-order valence-electron chi connectivity index (χ3n) is 18.0. The first-order valence-corrected chi connectivity index (χ1v) is 30.0. The standard InChI is InChI=1S/C65H93N5O15/c1-15-50-65(10)55(70(62(75)85-65)32-23-22-31-68-37-48(67)46-29-24-30-47(66)34-46)40(4)52(71)38(2)35-63(8,76-13)56(84-61-54(49(69(11)12)33-39(3)78-61)82-59(73)44-25-18-16-19-26-44)41(5)53(42(6)58(72)80-50)81-51-36-64(9,77-14)57(43(7)79-51)83-60(74)45-27-20-17-21-28-45/h16-21,24-30,34,37-43,49-51,53-57,61,68H,15,22-23,31-33,35-36,66-67H2,1-14H3/b48-37-/t38-,39-,40+,41+,42-,43+,49+,50-,51?,53+,54-,55?,56-,57+,61?,63+,64-,65-/m1/s1. The van der Waals surface area contributed by atoms with Crippen LogP contribution in [0, 0.1) is 23.7 Å². The van der Waals surface area contributed by atoms with Crippen LogP contribution in [0.25, 0.3) is 5.70 Å². The highest BCUT2D eigenvalue weighted by molar-refractivity contribution is 5.90. The molecule has 468 valence electrons. The molecule has 20 heteroatoms. The fraction of sp³-hybridized carbons (Fsp3) is 0.615. The average molecular weight is 1180 g/mol. The number of hydrogen-bond donors (Lipinski definition) is 3. The van der Waals surface area contributed by atoms with Crippen molar-refractivity contribution in [3.63, 3.8) is 0 Å². The highest BCUT2D eigenvalue weighted by Gasteiger charge is 2.61. The van der Waals surface area contributed by atoms with Gasteiger partial charge in [0.25, 0.3) is 0 Å². The van der Waals surface area contributed by atoms with E-state index in [4.69, 9.17) is 58.8 Å². The van der Waals surface area contributed by atoms with E-state index in [-0.39, 0.29) is 43.7 Å². The van der Waals surface area contributed by atoms with Crippen LogP contribution in [0.15, 0.2) is 91.1 Å². The number of methoxy groups -OCH3 is 2. The van der Waals surface area contributed by atoms with Gasteiger partial charge < -0.3 is 74.0 Å². The van der Waals surface area contributed by atoms with Crippen molar-refractivity contribution in [2.24, 2.45) is 29.4 Å². The Labute approximate surface area is 502 Å². The van der Waals surface area contributed by atoms with E-state index in [1.54, 1.807) is 99.5 Å². The molecular formula is C65H93N5O15. The SMILES string of the molecule is CC[C@H]1OC(=O)[C@H](C)[C@@H](OC2C[C@@](C)(OC)[C@@H](OC(=O)c3ccccc3)[C@H](C)O2)[C@H](C)[C@@H](OC2O[C@H](C)C[C@H](N(C)C)[C@H]2OC(=O)c2ccccc2)[C@@](C)(OC)C[C@@H](C)C(=O)[C@H](C)C2N(CCCCN/C=C(\N)c3cccc(N)c3)C(=O)O[C@@]21C. The number of nitrogens with one attached hydrogen (secondary N) is 1. The minimum Gasteiger partial charge on any atom is -0.458 e. The van der Waals surface area contributed by atoms with Crippen LogP contribution in [-0.2, 0) is 57.0 Å². The van der Waals surface area contributed by atoms with Gasteiger partial charge in [0, 0.05) is 68.9 Å². The van der Waals surface area contributed by atoms with Gasteiger partial charge in [-0.15, -0.1) is 0 Å². The van der Waals surface area contributed by atoms with Crippen LogP contribution in [-0.4, -0.2) is 165 Å². The largest absolute Gasteiger partial charge is 0.458 e. The second-order valence-electron chi connectivity index (χ2n) is 24.5. The number of rotatable bonds is 19. The third kappa shape index (κ3) is 15.2. The Morgan fingerprint density at radius 1 is 0.765 bits per heavy atom. The smallest absolute Gasteiger partial charge is 0.410 e. The predicted molar refractivity (Wildman–Crippen MR) is 319 cm³/mol. The fourth-order valence-corrected chi connectivity index (χ4v) is 13.2. The lowest BCUT2D eigenvalue weighted by molar-refractivity contribution is -0.318. The number of ether oxygens (including phenoxy) is 10. The molecule has 7 rings (SSSR count). The van der Waals surface area contributed by atoms with Gasteiger partial charge in [-0.2, -0.15) is 0 Å². The number of benzene rings is 3. The average Bonchev–Trinajstić information content (AvgIpc) is 1.78. The molecular weight excluding hydrogens is 1090 g/mol. The number of amides is 1. The van der Waals surface area contributed by atoms with E-state index in [2.05, 4.69) is 5.32 Å². The van der Waals surface area contributed by atoms with E-state index in [9.17, 15) is 14.4 Å². The molecule has 4 fully saturated rings. The normalized spacial score (nSPS) is 35.0. The molecule has 85 heavy (non-hydrogen) atoms. The molecule has 0 aromatic heterocycles. The molecule has 0 saturated carbocycles. The van der Waals surface area contributed by atoms with Crippen molar-refractivity contribution >= 4 is 41.2 Å². The summed E-state index contributed by atoms with van der Waals surface area (Å²) in [5, 5.41) is 3.26. The zero-order chi connectivity index (χ0) is 62.1. The zero-order valence-electron chi connectivity index (χ0n) is 52.2. The molecule has 4 saturated heterocycles. The molecule has 1 amide bonds. The number of carbonyl (C=O) groups is 5. The molecule has 18 atom stereocenters. The highest BCUT2D eigenvalue weighted by Crippen LogP contribution is 2.45. The minimum absolute atomic E-state index is 0.0422. The molecule has 4 aliphatic heterocycles. The number of likely N-dealkylation sites (N-methyl/N-ethyl adjacent to an activating group) is 1. The summed E-state index contributed by atoms with van der Waals surface area (Å²) in [6, 6.07) is 23.3. The van der Waals surface area contributed by atoms with Crippen LogP contribution >= 0.6 is 0 Å². The Hall–Kier alpha value is -6.13. The van der Waals surface area contributed by atoms with Crippen LogP contribution in [0.5, 0.6) is 0 Å². The van der Waals surface area contributed by atoms with E-state index in [0.29, 0.717) is 48.3 Å². The number of fused-ring (bicyclic) bond motifs is 1. The Bertz CT molecular complexity index is 2770. The molecule has 0 spiro atoms. The molecule has 0 radical (unpaired) electrons. The molecule has 4 aliphatic rings. The van der Waals surface area contributed by atoms with Crippen LogP contribution in [0.1, 0.15) is 134 Å². The van der Waals surface area contributed by atoms with Crippen molar-refractivity contribution in [2.75, 3.05) is 47.1 Å². The van der Waals surface area contributed by atoms with E-state index in [1.807, 2.05) is 84.8 Å². The maximum absolute atomic E-state index is 15.4. The van der Waals surface area contributed by atoms with Gasteiger partial charge in [0.05, 0.1) is 64.8 Å². The summed E-state index contributed by atoms with van der Waals surface area (Å²) in [6.07, 6.45) is -5.53. The van der Waals surface area contributed by atoms with Gasteiger partial charge in [0.2, 0.25) is 0 Å². The zero-order valence-corrected chi connectivity index (χ0v) is 52.2. The van der Waals surface area contributed by atoms with Gasteiger partial charge in [-0.25, -0.2) is 14.4 Å². The lowest BCUT2D eigenvalue weighted by Crippen LogP contribution is -2.62. The molecule has 3 aromatic rings. The molecule has 20 nitrogen and oxygen atoms in total. The lowest BCUT2D eigenvalue weighted by Gasteiger charge is -2.50. The summed E-state index contributed by atoms with van der Waals surface area (Å²) in [7, 11) is 6.87. The number of cyclic esters (lactones) is 1. The molecule has 3 aromatic carbocycles. The summed E-state index contributed by atoms with van der Waals surface area (Å²) in [5.41, 5.74) is 10.9. The molecule has 3 unspecified atom stereocenters. The second-order valence-corrected chi connectivity index (χ2v) is 24.5. The van der Waals surface area contributed by atoms with Crippen molar-refractivity contribution in [2.45, 2.75) is 192 Å². The number of ketones is 1. The number of esters is 3. The molecule has 0 bridgehead atoms. The predicted octanol–water partition coefficient (Wildman–Crippen LogP) is 8.55. The number of nitrogens with two attached hydrogens (primary N) is 2. The first-order chi connectivity index (χ1) is 40.3. The second kappa shape index (κ2) is 28.6. The minimum atomic E-state index is -1.50. The number of Topliss-reactive ketones (excluding diaryl/α,β-unsaturated/α-hetero) is 1. The third-order valence-corrected chi connectivity index (χ3v) is 18.0. The van der Waals surface area contributed by atoms with Crippen molar-refractivity contribution in [1.82, 2.24) is 15.1 Å². The summed E-state index contributed by atoms with van der Waals surface area (Å²) in [6.45, 7) is 18.9. The van der Waals surface area contributed by atoms with E-state index >= 15 is 9.59 Å². The van der Waals surface area contributed by atoms with Gasteiger partial charge in [-0.1, -0.05) is 76.2 Å². The Morgan fingerprint density at radius 3 is 1.98 bits per heavy atom. The van der Waals surface area contributed by atoms with Gasteiger partial charge in [-0.05, 0) is 124 Å².